The molecule has 3 heteroatoms. The van der Waals surface area contributed by atoms with Gasteiger partial charge in [0.15, 0.2) is 0 Å². The summed E-state index contributed by atoms with van der Waals surface area (Å²) < 4.78 is 5.74. The van der Waals surface area contributed by atoms with Crippen LogP contribution in [0.5, 0.6) is 0 Å². The second kappa shape index (κ2) is 7.34. The van der Waals surface area contributed by atoms with E-state index in [1.165, 1.54) is 25.7 Å². The van der Waals surface area contributed by atoms with E-state index in [-0.39, 0.29) is 5.54 Å². The van der Waals surface area contributed by atoms with Gasteiger partial charge in [0.1, 0.15) is 0 Å². The first-order valence-corrected chi connectivity index (χ1v) is 7.23. The van der Waals surface area contributed by atoms with E-state index >= 15 is 0 Å². The maximum atomic E-state index is 6.02. The Kier molecular flexibility index (Phi) is 6.45. The van der Waals surface area contributed by atoms with Crippen molar-refractivity contribution < 1.29 is 4.74 Å². The molecule has 3 nitrogen and oxygen atoms in total. The van der Waals surface area contributed by atoms with Gasteiger partial charge in [0.2, 0.25) is 0 Å². The molecule has 0 aliphatic carbocycles. The van der Waals surface area contributed by atoms with Gasteiger partial charge in [-0.15, -0.1) is 0 Å². The van der Waals surface area contributed by atoms with Crippen molar-refractivity contribution in [2.45, 2.75) is 64.5 Å². The number of ether oxygens (including phenoxy) is 1. The number of unbranched alkanes of at least 4 members (excludes halogenated alkanes) is 2. The van der Waals surface area contributed by atoms with Gasteiger partial charge in [-0.2, -0.15) is 0 Å². The van der Waals surface area contributed by atoms with Crippen LogP contribution >= 0.6 is 0 Å². The topological polar surface area (TPSA) is 38.5 Å². The van der Waals surface area contributed by atoms with Gasteiger partial charge in [0.25, 0.3) is 0 Å². The number of hydrogen-bond donors (Lipinski definition) is 1. The number of nitrogens with zero attached hydrogens (tertiary/aromatic N) is 1. The summed E-state index contributed by atoms with van der Waals surface area (Å²) in [4.78, 5) is 2.56. The average Bonchev–Trinajstić information content (AvgIpc) is 2.39. The maximum Gasteiger partial charge on any atom is 0.0700 e. The highest BCUT2D eigenvalue weighted by Gasteiger charge is 2.33. The summed E-state index contributed by atoms with van der Waals surface area (Å²) in [6, 6.07) is 0. The first kappa shape index (κ1) is 14.9. The molecule has 2 atom stereocenters. The molecule has 0 aromatic carbocycles. The summed E-state index contributed by atoms with van der Waals surface area (Å²) >= 11 is 0. The van der Waals surface area contributed by atoms with Crippen LogP contribution in [0.25, 0.3) is 0 Å². The number of rotatable bonds is 7. The van der Waals surface area contributed by atoms with Crippen molar-refractivity contribution in [2.75, 3.05) is 26.2 Å². The van der Waals surface area contributed by atoms with Crippen LogP contribution < -0.4 is 5.73 Å². The zero-order valence-corrected chi connectivity index (χ0v) is 11.9. The highest BCUT2D eigenvalue weighted by Crippen LogP contribution is 2.24. The lowest BCUT2D eigenvalue weighted by atomic mass is 9.91. The van der Waals surface area contributed by atoms with E-state index in [1.807, 2.05) is 0 Å². The molecule has 1 heterocycles. The monoisotopic (exact) mass is 242 g/mol. The molecule has 1 saturated heterocycles. The van der Waals surface area contributed by atoms with E-state index in [0.29, 0.717) is 6.10 Å². The zero-order valence-electron chi connectivity index (χ0n) is 11.9. The Hall–Kier alpha value is -0.120. The Morgan fingerprint density at radius 1 is 1.35 bits per heavy atom. The van der Waals surface area contributed by atoms with Gasteiger partial charge in [0.05, 0.1) is 12.7 Å². The second-order valence-electron chi connectivity index (χ2n) is 5.51. The summed E-state index contributed by atoms with van der Waals surface area (Å²) in [6.07, 6.45) is 6.61. The first-order valence-electron chi connectivity index (χ1n) is 7.23. The summed E-state index contributed by atoms with van der Waals surface area (Å²) in [5.41, 5.74) is 6.20. The predicted molar refractivity (Wildman–Crippen MR) is 73.2 cm³/mol. The van der Waals surface area contributed by atoms with Crippen LogP contribution in [0.3, 0.4) is 0 Å². The molecule has 1 aliphatic rings. The average molecular weight is 242 g/mol. The summed E-state index contributed by atoms with van der Waals surface area (Å²) in [6.45, 7) is 10.5. The largest absolute Gasteiger partial charge is 0.376 e. The van der Waals surface area contributed by atoms with E-state index < -0.39 is 0 Å². The predicted octanol–water partition coefficient (Wildman–Crippen LogP) is 2.39. The molecule has 2 N–H and O–H groups in total. The van der Waals surface area contributed by atoms with Crippen LogP contribution in [-0.2, 0) is 4.74 Å². The molecule has 1 fully saturated rings. The molecule has 1 aliphatic heterocycles. The van der Waals surface area contributed by atoms with Crippen LogP contribution in [0, 0.1) is 0 Å². The molecular weight excluding hydrogens is 212 g/mol. The minimum absolute atomic E-state index is 0.173. The number of hydrogen-bond acceptors (Lipinski definition) is 3. The molecule has 0 aromatic heterocycles. The van der Waals surface area contributed by atoms with Crippen molar-refractivity contribution >= 4 is 0 Å². The molecule has 0 spiro atoms. The number of nitrogens with two attached hydrogens (primary N) is 1. The van der Waals surface area contributed by atoms with Crippen molar-refractivity contribution in [1.82, 2.24) is 4.90 Å². The molecule has 0 bridgehead atoms. The van der Waals surface area contributed by atoms with Crippen LogP contribution in [0.1, 0.15) is 52.9 Å². The van der Waals surface area contributed by atoms with Crippen LogP contribution in [0.4, 0.5) is 0 Å². The molecule has 102 valence electrons. The van der Waals surface area contributed by atoms with Gasteiger partial charge in [0, 0.05) is 25.2 Å². The summed E-state index contributed by atoms with van der Waals surface area (Å²) in [5.74, 6) is 0. The fourth-order valence-electron chi connectivity index (χ4n) is 2.60. The molecule has 1 rings (SSSR count). The molecular formula is C14H30N2O. The minimum atomic E-state index is 0.173. The van der Waals surface area contributed by atoms with Crippen molar-refractivity contribution in [3.05, 3.63) is 0 Å². The first-order chi connectivity index (χ1) is 8.16. The Bertz CT molecular complexity index is 210. The van der Waals surface area contributed by atoms with E-state index in [0.717, 1.165) is 32.7 Å². The van der Waals surface area contributed by atoms with Crippen molar-refractivity contribution in [1.29, 1.82) is 0 Å². The molecule has 17 heavy (non-hydrogen) atoms. The third-order valence-electron chi connectivity index (χ3n) is 4.12. The second-order valence-corrected chi connectivity index (χ2v) is 5.51. The van der Waals surface area contributed by atoms with Crippen molar-refractivity contribution in [3.63, 3.8) is 0 Å². The number of morpholine rings is 1. The third-order valence-corrected chi connectivity index (χ3v) is 4.12. The lowest BCUT2D eigenvalue weighted by Gasteiger charge is -2.45. The Balaban J connectivity index is 2.51. The Morgan fingerprint density at radius 2 is 2.12 bits per heavy atom. The van der Waals surface area contributed by atoms with Crippen LogP contribution in [-0.4, -0.2) is 42.8 Å². The van der Waals surface area contributed by atoms with Crippen LogP contribution in [0.15, 0.2) is 0 Å². The van der Waals surface area contributed by atoms with Gasteiger partial charge in [-0.05, 0) is 19.8 Å². The van der Waals surface area contributed by atoms with Crippen molar-refractivity contribution in [2.24, 2.45) is 5.73 Å². The Labute approximate surface area is 107 Å². The molecule has 2 unspecified atom stereocenters. The van der Waals surface area contributed by atoms with Gasteiger partial charge in [-0.3, -0.25) is 4.90 Å². The molecule has 0 aromatic rings. The van der Waals surface area contributed by atoms with E-state index in [2.05, 4.69) is 25.7 Å². The van der Waals surface area contributed by atoms with E-state index in [4.69, 9.17) is 10.5 Å². The van der Waals surface area contributed by atoms with Crippen LogP contribution in [0.2, 0.25) is 0 Å². The van der Waals surface area contributed by atoms with Gasteiger partial charge >= 0.3 is 0 Å². The standard InChI is InChI=1S/C14H30N2O/c1-4-6-7-8-14(3,12-15)16-9-10-17-13(5-2)11-16/h13H,4-12,15H2,1-3H3. The summed E-state index contributed by atoms with van der Waals surface area (Å²) in [7, 11) is 0. The smallest absolute Gasteiger partial charge is 0.0700 e. The quantitative estimate of drug-likeness (QED) is 0.697. The maximum absolute atomic E-state index is 6.02. The molecule has 0 saturated carbocycles. The summed E-state index contributed by atoms with van der Waals surface area (Å²) in [5, 5.41) is 0. The fourth-order valence-corrected chi connectivity index (χ4v) is 2.60. The fraction of sp³-hybridized carbons (Fsp3) is 1.00. The van der Waals surface area contributed by atoms with Gasteiger partial charge < -0.3 is 10.5 Å². The lowest BCUT2D eigenvalue weighted by molar-refractivity contribution is -0.0672. The lowest BCUT2D eigenvalue weighted by Crippen LogP contribution is -2.57. The molecule has 0 amide bonds. The minimum Gasteiger partial charge on any atom is -0.376 e. The highest BCUT2D eigenvalue weighted by atomic mass is 16.5. The molecule has 0 radical (unpaired) electrons. The SMILES string of the molecule is CCCCCC(C)(CN)N1CCOC(CC)C1. The van der Waals surface area contributed by atoms with Gasteiger partial charge in [-0.25, -0.2) is 0 Å². The Morgan fingerprint density at radius 3 is 2.71 bits per heavy atom. The highest BCUT2D eigenvalue weighted by molar-refractivity contribution is 4.90. The van der Waals surface area contributed by atoms with E-state index in [1.54, 1.807) is 0 Å². The normalized spacial score (nSPS) is 25.8. The third kappa shape index (κ3) is 4.23. The zero-order chi connectivity index (χ0) is 12.7. The van der Waals surface area contributed by atoms with Gasteiger partial charge in [-0.1, -0.05) is 33.1 Å². The van der Waals surface area contributed by atoms with Crippen molar-refractivity contribution in [3.8, 4) is 0 Å². The van der Waals surface area contributed by atoms with E-state index in [9.17, 15) is 0 Å².